The number of ether oxygens (including phenoxy) is 1. The zero-order chi connectivity index (χ0) is 30.0. The molecule has 0 radical (unpaired) electrons. The minimum Gasteiger partial charge on any atom is -1.00 e. The Kier molecular flexibility index (Phi) is 9.43. The number of alkyl halides is 3. The molecule has 0 saturated heterocycles. The van der Waals surface area contributed by atoms with Gasteiger partial charge in [0.05, 0.1) is 0 Å². The second-order valence-electron chi connectivity index (χ2n) is 10.3. The van der Waals surface area contributed by atoms with Crippen molar-refractivity contribution < 1.29 is 58.8 Å². The van der Waals surface area contributed by atoms with Crippen LogP contribution >= 0.6 is 0 Å². The first-order valence-electron chi connectivity index (χ1n) is 13.8. The molecule has 1 saturated carbocycles. The van der Waals surface area contributed by atoms with Gasteiger partial charge < -0.3 is 20.7 Å². The van der Waals surface area contributed by atoms with E-state index in [1.165, 1.54) is 24.3 Å². The van der Waals surface area contributed by atoms with Crippen LogP contribution in [0.2, 0.25) is 0 Å². The fourth-order valence-corrected chi connectivity index (χ4v) is 5.07. The van der Waals surface area contributed by atoms with Gasteiger partial charge in [-0.1, -0.05) is 60.7 Å². The molecule has 0 bridgehead atoms. The van der Waals surface area contributed by atoms with E-state index in [0.29, 0.717) is 30.0 Å². The second-order valence-corrected chi connectivity index (χ2v) is 10.3. The Balaban J connectivity index is 0.00000230. The largest absolute Gasteiger partial charge is 1.00 e. The van der Waals surface area contributed by atoms with Crippen LogP contribution in [0.5, 0.6) is 5.75 Å². The van der Waals surface area contributed by atoms with Crippen molar-refractivity contribution in [3.05, 3.63) is 120 Å². The van der Waals surface area contributed by atoms with Crippen LogP contribution in [-0.4, -0.2) is 32.0 Å². The molecule has 1 aliphatic rings. The molecule has 2 aromatic heterocycles. The number of benzene rings is 3. The number of imidazole rings is 1. The van der Waals surface area contributed by atoms with Crippen molar-refractivity contribution in [3.63, 3.8) is 0 Å². The number of anilines is 1. The first-order chi connectivity index (χ1) is 20.7. The second kappa shape index (κ2) is 13.3. The van der Waals surface area contributed by atoms with Crippen molar-refractivity contribution in [2.75, 3.05) is 4.90 Å². The van der Waals surface area contributed by atoms with Gasteiger partial charge in [0.15, 0.2) is 5.69 Å². The molecule has 0 amide bonds. The molecule has 0 atom stereocenters. The van der Waals surface area contributed by atoms with E-state index in [-0.39, 0.29) is 54.2 Å². The van der Waals surface area contributed by atoms with Crippen molar-refractivity contribution in [2.45, 2.75) is 38.3 Å². The summed E-state index contributed by atoms with van der Waals surface area (Å²) in [6.07, 6.45) is -1.63. The van der Waals surface area contributed by atoms with Gasteiger partial charge in [0.1, 0.15) is 23.1 Å². The molecule has 11 heteroatoms. The summed E-state index contributed by atoms with van der Waals surface area (Å²) in [5, 5.41) is 10.3. The Morgan fingerprint density at radius 2 is 1.45 bits per heavy atom. The van der Waals surface area contributed by atoms with E-state index in [1.807, 2.05) is 42.5 Å². The number of hydrogen-bond acceptors (Lipinski definition) is 5. The number of aromatic nitrogens is 3. The molecule has 1 N–H and O–H groups in total. The summed E-state index contributed by atoms with van der Waals surface area (Å²) >= 11 is 0. The Hall–Kier alpha value is -4.12. The first-order valence-corrected chi connectivity index (χ1v) is 13.8. The minimum atomic E-state index is -4.81. The third-order valence-corrected chi connectivity index (χ3v) is 7.15. The molecular weight excluding hydrogens is 580 g/mol. The number of nitrogens with zero attached hydrogens (tertiary/aromatic N) is 4. The van der Waals surface area contributed by atoms with Crippen LogP contribution in [-0.2, 0) is 13.1 Å². The van der Waals surface area contributed by atoms with Gasteiger partial charge in [-0.3, -0.25) is 0 Å². The number of carbonyl (C=O) groups is 1. The van der Waals surface area contributed by atoms with E-state index < -0.39 is 12.3 Å². The molecule has 1 fully saturated rings. The predicted molar refractivity (Wildman–Crippen MR) is 157 cm³/mol. The number of rotatable bonds is 10. The van der Waals surface area contributed by atoms with Gasteiger partial charge in [-0.05, 0) is 60.4 Å². The molecule has 5 aromatic rings. The van der Waals surface area contributed by atoms with Crippen molar-refractivity contribution in [1.29, 1.82) is 0 Å². The molecular formula is C33H28F3N4NaO3. The zero-order valence-corrected chi connectivity index (χ0v) is 25.9. The van der Waals surface area contributed by atoms with Crippen LogP contribution in [0.1, 0.15) is 41.9 Å². The zero-order valence-electron chi connectivity index (χ0n) is 24.9. The van der Waals surface area contributed by atoms with E-state index in [2.05, 4.69) is 33.9 Å². The molecule has 7 nitrogen and oxygen atoms in total. The van der Waals surface area contributed by atoms with E-state index >= 15 is 0 Å². The maximum absolute atomic E-state index is 12.7. The summed E-state index contributed by atoms with van der Waals surface area (Å²) in [6, 6.07) is 29.0. The maximum Gasteiger partial charge on any atom is 1.00 e. The Morgan fingerprint density at radius 3 is 1.93 bits per heavy atom. The third kappa shape index (κ3) is 7.32. The van der Waals surface area contributed by atoms with Gasteiger partial charge in [0.25, 0.3) is 0 Å². The molecule has 44 heavy (non-hydrogen) atoms. The standard InChI is InChI=1S/C33H27F3N4O3.Na.H/c34-33(35,36)43-27-16-11-24(12-17-27)31-38-29(30(32(41)42)40(31)26-14-15-26)25-13-18-28(37-19-25)39(20-22-7-3-1-4-8-22)21-23-9-5-2-6-10-23;;/h1-13,16-19,26H,14-15,20-21H2,(H,41,42);;/q;+1;-1. The van der Waals surface area contributed by atoms with Crippen molar-refractivity contribution in [2.24, 2.45) is 0 Å². The summed E-state index contributed by atoms with van der Waals surface area (Å²) in [6.45, 7) is 1.24. The number of carboxylic acid groups (broad SMARTS) is 1. The van der Waals surface area contributed by atoms with Gasteiger partial charge >= 0.3 is 41.9 Å². The SMILES string of the molecule is O=C(O)c1c(-c2ccc(N(Cc3ccccc3)Cc3ccccc3)nc2)nc(-c2ccc(OC(F)(F)F)cc2)n1C1CC1.[H-].[Na+]. The number of hydrogen-bond donors (Lipinski definition) is 1. The average Bonchev–Trinajstić information content (AvgIpc) is 3.76. The van der Waals surface area contributed by atoms with Crippen LogP contribution < -0.4 is 39.2 Å². The summed E-state index contributed by atoms with van der Waals surface area (Å²) in [4.78, 5) is 24.1. The van der Waals surface area contributed by atoms with Gasteiger partial charge in [0, 0.05) is 36.5 Å². The number of pyridine rings is 1. The topological polar surface area (TPSA) is 80.5 Å². The van der Waals surface area contributed by atoms with Crippen LogP contribution in [0.25, 0.3) is 22.6 Å². The van der Waals surface area contributed by atoms with E-state index in [9.17, 15) is 23.1 Å². The molecule has 0 unspecified atom stereocenters. The van der Waals surface area contributed by atoms with E-state index in [4.69, 9.17) is 9.97 Å². The quantitative estimate of drug-likeness (QED) is 0.228. The van der Waals surface area contributed by atoms with Gasteiger partial charge in [-0.15, -0.1) is 13.2 Å². The van der Waals surface area contributed by atoms with Gasteiger partial charge in [0.2, 0.25) is 0 Å². The summed E-state index contributed by atoms with van der Waals surface area (Å²) < 4.78 is 43.6. The van der Waals surface area contributed by atoms with Crippen LogP contribution in [0, 0.1) is 0 Å². The third-order valence-electron chi connectivity index (χ3n) is 7.15. The molecule has 2 heterocycles. The first kappa shape index (κ1) is 31.3. The molecule has 1 aliphatic carbocycles. The van der Waals surface area contributed by atoms with Gasteiger partial charge in [-0.2, -0.15) is 0 Å². The monoisotopic (exact) mass is 608 g/mol. The smallest absolute Gasteiger partial charge is 1.00 e. The Morgan fingerprint density at radius 1 is 0.886 bits per heavy atom. The molecule has 220 valence electrons. The minimum absolute atomic E-state index is 0. The Bertz CT molecular complexity index is 1670. The van der Waals surface area contributed by atoms with Crippen LogP contribution in [0.4, 0.5) is 19.0 Å². The molecule has 6 rings (SSSR count). The van der Waals surface area contributed by atoms with Crippen LogP contribution in [0.15, 0.2) is 103 Å². The average molecular weight is 609 g/mol. The van der Waals surface area contributed by atoms with E-state index in [0.717, 1.165) is 29.8 Å². The normalized spacial score (nSPS) is 12.8. The number of halogens is 3. The van der Waals surface area contributed by atoms with Crippen molar-refractivity contribution >= 4 is 11.8 Å². The molecule has 3 aromatic carbocycles. The fraction of sp³-hybridized carbons (Fsp3) is 0.182. The molecule has 0 spiro atoms. The molecule has 0 aliphatic heterocycles. The van der Waals surface area contributed by atoms with E-state index in [1.54, 1.807) is 16.8 Å². The predicted octanol–water partition coefficient (Wildman–Crippen LogP) is 4.87. The number of aromatic carboxylic acids is 1. The fourth-order valence-electron chi connectivity index (χ4n) is 5.07. The summed E-state index contributed by atoms with van der Waals surface area (Å²) in [7, 11) is 0. The maximum atomic E-state index is 12.7. The van der Waals surface area contributed by atoms with Crippen LogP contribution in [0.3, 0.4) is 0 Å². The Labute approximate surface area is 275 Å². The summed E-state index contributed by atoms with van der Waals surface area (Å²) in [5.41, 5.74) is 3.53. The number of carboxylic acids is 1. The van der Waals surface area contributed by atoms with Gasteiger partial charge in [-0.25, -0.2) is 14.8 Å². The summed E-state index contributed by atoms with van der Waals surface area (Å²) in [5.74, 6) is -0.422. The van der Waals surface area contributed by atoms with Crippen molar-refractivity contribution in [3.8, 4) is 28.4 Å². The van der Waals surface area contributed by atoms with Crippen molar-refractivity contribution in [1.82, 2.24) is 14.5 Å².